The fraction of sp³-hybridized carbons (Fsp3) is 0.350. The maximum atomic E-state index is 12.8. The largest absolute Gasteiger partial charge is 0.338 e. The van der Waals surface area contributed by atoms with E-state index in [-0.39, 0.29) is 11.8 Å². The first-order chi connectivity index (χ1) is 12.0. The van der Waals surface area contributed by atoms with Crippen molar-refractivity contribution in [2.45, 2.75) is 38.0 Å². The Hall–Kier alpha value is -2.01. The van der Waals surface area contributed by atoms with E-state index in [4.69, 9.17) is 0 Å². The first-order valence-electron chi connectivity index (χ1n) is 8.50. The van der Waals surface area contributed by atoms with Crippen LogP contribution in [0.25, 0.3) is 0 Å². The fourth-order valence-electron chi connectivity index (χ4n) is 2.49. The van der Waals surface area contributed by atoms with Gasteiger partial charge in [-0.3, -0.25) is 0 Å². The summed E-state index contributed by atoms with van der Waals surface area (Å²) in [7, 11) is 0. The molecular weight excluding hydrogens is 335 g/mol. The predicted molar refractivity (Wildman–Crippen MR) is 104 cm³/mol. The maximum Gasteiger partial charge on any atom is 0.319 e. The zero-order valence-corrected chi connectivity index (χ0v) is 15.8. The van der Waals surface area contributed by atoms with Gasteiger partial charge < -0.3 is 10.6 Å². The van der Waals surface area contributed by atoms with Gasteiger partial charge in [0.1, 0.15) is 5.82 Å². The molecule has 2 aromatic carbocycles. The van der Waals surface area contributed by atoms with Gasteiger partial charge in [-0.2, -0.15) is 0 Å². The molecule has 0 aliphatic rings. The minimum Gasteiger partial charge on any atom is -0.338 e. The van der Waals surface area contributed by atoms with Crippen LogP contribution >= 0.6 is 11.8 Å². The van der Waals surface area contributed by atoms with Gasteiger partial charge in [-0.15, -0.1) is 11.8 Å². The zero-order valence-electron chi connectivity index (χ0n) is 14.9. The minimum atomic E-state index is -0.223. The van der Waals surface area contributed by atoms with E-state index in [1.807, 2.05) is 25.1 Å². The Balaban J connectivity index is 1.75. The van der Waals surface area contributed by atoms with Crippen molar-refractivity contribution in [2.24, 2.45) is 0 Å². The normalized spacial score (nSPS) is 10.8. The second-order valence-corrected chi connectivity index (χ2v) is 7.40. The Kier molecular flexibility index (Phi) is 7.31. The molecule has 0 saturated carbocycles. The summed E-state index contributed by atoms with van der Waals surface area (Å²) in [5.41, 5.74) is 3.10. The van der Waals surface area contributed by atoms with Gasteiger partial charge in [-0.1, -0.05) is 32.0 Å². The van der Waals surface area contributed by atoms with Crippen LogP contribution in [0.2, 0.25) is 0 Å². The average Bonchev–Trinajstić information content (AvgIpc) is 2.58. The van der Waals surface area contributed by atoms with Gasteiger partial charge in [0, 0.05) is 17.1 Å². The van der Waals surface area contributed by atoms with Crippen molar-refractivity contribution in [3.63, 3.8) is 0 Å². The molecule has 0 aliphatic carbocycles. The number of nitrogens with one attached hydrogen (secondary N) is 2. The number of benzene rings is 2. The number of hydrogen-bond donors (Lipinski definition) is 2. The quantitative estimate of drug-likeness (QED) is 0.501. The predicted octanol–water partition coefficient (Wildman–Crippen LogP) is 5.56. The van der Waals surface area contributed by atoms with Crippen LogP contribution in [0.5, 0.6) is 0 Å². The van der Waals surface area contributed by atoms with Crippen LogP contribution < -0.4 is 10.6 Å². The summed E-state index contributed by atoms with van der Waals surface area (Å²) in [6, 6.07) is 12.3. The highest BCUT2D eigenvalue weighted by atomic mass is 32.2. The highest BCUT2D eigenvalue weighted by molar-refractivity contribution is 7.99. The van der Waals surface area contributed by atoms with Gasteiger partial charge in [0.15, 0.2) is 0 Å². The number of para-hydroxylation sites is 1. The molecule has 0 radical (unpaired) electrons. The summed E-state index contributed by atoms with van der Waals surface area (Å²) in [6.45, 7) is 6.83. The molecule has 2 rings (SSSR count). The third-order valence-corrected chi connectivity index (χ3v) is 4.95. The lowest BCUT2D eigenvalue weighted by Gasteiger charge is -2.16. The molecule has 0 atom stereocenters. The lowest BCUT2D eigenvalue weighted by Crippen LogP contribution is -2.30. The summed E-state index contributed by atoms with van der Waals surface area (Å²) in [5.74, 6) is 0.995. The Morgan fingerprint density at radius 2 is 1.88 bits per heavy atom. The van der Waals surface area contributed by atoms with Gasteiger partial charge in [0.25, 0.3) is 0 Å². The number of hydrogen-bond acceptors (Lipinski definition) is 2. The average molecular weight is 360 g/mol. The Morgan fingerprint density at radius 1 is 1.16 bits per heavy atom. The third-order valence-electron chi connectivity index (χ3n) is 3.85. The monoisotopic (exact) mass is 360 g/mol. The SMILES string of the molecule is Cc1cccc(C(C)C)c1NC(=O)NCCCSc1ccc(F)cc1. The molecular formula is C20H25FN2OS. The lowest BCUT2D eigenvalue weighted by atomic mass is 9.98. The smallest absolute Gasteiger partial charge is 0.319 e. The van der Waals surface area contributed by atoms with Crippen LogP contribution in [0.3, 0.4) is 0 Å². The van der Waals surface area contributed by atoms with E-state index in [1.165, 1.54) is 12.1 Å². The van der Waals surface area contributed by atoms with Crippen LogP contribution in [-0.2, 0) is 0 Å². The second kappa shape index (κ2) is 9.47. The van der Waals surface area contributed by atoms with Crippen molar-refractivity contribution in [1.82, 2.24) is 5.32 Å². The minimum absolute atomic E-state index is 0.178. The number of halogens is 1. The zero-order chi connectivity index (χ0) is 18.2. The van der Waals surface area contributed by atoms with Gasteiger partial charge in [0.05, 0.1) is 0 Å². The molecule has 2 aromatic rings. The number of carbonyl (C=O) groups excluding carboxylic acids is 1. The Labute approximate surface area is 153 Å². The van der Waals surface area contributed by atoms with Crippen molar-refractivity contribution in [3.8, 4) is 0 Å². The van der Waals surface area contributed by atoms with E-state index >= 15 is 0 Å². The standard InChI is InChI=1S/C20H25FN2OS/c1-14(2)18-7-4-6-15(3)19(18)23-20(24)22-12-5-13-25-17-10-8-16(21)9-11-17/h4,6-11,14H,5,12-13H2,1-3H3,(H2,22,23,24). The molecule has 5 heteroatoms. The highest BCUT2D eigenvalue weighted by Crippen LogP contribution is 2.27. The van der Waals surface area contributed by atoms with Gasteiger partial charge in [-0.25, -0.2) is 9.18 Å². The lowest BCUT2D eigenvalue weighted by molar-refractivity contribution is 0.252. The molecule has 3 nitrogen and oxygen atoms in total. The Morgan fingerprint density at radius 3 is 2.56 bits per heavy atom. The summed E-state index contributed by atoms with van der Waals surface area (Å²) in [6.07, 6.45) is 0.847. The van der Waals surface area contributed by atoms with E-state index < -0.39 is 0 Å². The van der Waals surface area contributed by atoms with Crippen LogP contribution in [0.4, 0.5) is 14.9 Å². The van der Waals surface area contributed by atoms with E-state index in [0.29, 0.717) is 12.5 Å². The van der Waals surface area contributed by atoms with Crippen molar-refractivity contribution in [3.05, 3.63) is 59.4 Å². The molecule has 0 heterocycles. The van der Waals surface area contributed by atoms with Crippen LogP contribution in [-0.4, -0.2) is 18.3 Å². The number of urea groups is 1. The molecule has 0 bridgehead atoms. The molecule has 134 valence electrons. The first kappa shape index (κ1) is 19.3. The number of aryl methyl sites for hydroxylation is 1. The van der Waals surface area contributed by atoms with Gasteiger partial charge in [-0.05, 0) is 60.4 Å². The summed E-state index contributed by atoms with van der Waals surface area (Å²) >= 11 is 1.66. The molecule has 0 aromatic heterocycles. The molecule has 0 fully saturated rings. The summed E-state index contributed by atoms with van der Waals surface area (Å²) in [5, 5.41) is 5.87. The molecule has 2 amide bonds. The number of anilines is 1. The van der Waals surface area contributed by atoms with E-state index in [9.17, 15) is 9.18 Å². The van der Waals surface area contributed by atoms with Crippen LogP contribution in [0, 0.1) is 12.7 Å². The third kappa shape index (κ3) is 6.09. The van der Waals surface area contributed by atoms with E-state index in [2.05, 4.69) is 24.5 Å². The molecule has 0 spiro atoms. The van der Waals surface area contributed by atoms with Crippen LogP contribution in [0.1, 0.15) is 37.3 Å². The number of rotatable bonds is 7. The van der Waals surface area contributed by atoms with Crippen molar-refractivity contribution in [2.75, 3.05) is 17.6 Å². The summed E-state index contributed by atoms with van der Waals surface area (Å²) in [4.78, 5) is 13.2. The second-order valence-electron chi connectivity index (χ2n) is 6.23. The van der Waals surface area contributed by atoms with Crippen LogP contribution in [0.15, 0.2) is 47.4 Å². The molecule has 0 unspecified atom stereocenters. The van der Waals surface area contributed by atoms with Crippen molar-refractivity contribution < 1.29 is 9.18 Å². The van der Waals surface area contributed by atoms with Gasteiger partial charge in [0.2, 0.25) is 0 Å². The van der Waals surface area contributed by atoms with E-state index in [1.54, 1.807) is 23.9 Å². The first-order valence-corrected chi connectivity index (χ1v) is 9.48. The number of thioether (sulfide) groups is 1. The Bertz CT molecular complexity index is 701. The van der Waals surface area contributed by atoms with E-state index in [0.717, 1.165) is 33.9 Å². The number of amides is 2. The summed E-state index contributed by atoms with van der Waals surface area (Å²) < 4.78 is 12.8. The van der Waals surface area contributed by atoms with Crippen molar-refractivity contribution in [1.29, 1.82) is 0 Å². The molecule has 25 heavy (non-hydrogen) atoms. The highest BCUT2D eigenvalue weighted by Gasteiger charge is 2.11. The maximum absolute atomic E-state index is 12.8. The fourth-order valence-corrected chi connectivity index (χ4v) is 3.35. The van der Waals surface area contributed by atoms with Gasteiger partial charge >= 0.3 is 6.03 Å². The molecule has 0 aliphatic heterocycles. The molecule has 0 saturated heterocycles. The van der Waals surface area contributed by atoms with Crippen molar-refractivity contribution >= 4 is 23.5 Å². The topological polar surface area (TPSA) is 41.1 Å². The molecule has 2 N–H and O–H groups in total. The number of carbonyl (C=O) groups is 1.